The standard InChI is InChI=1S/C17H18N2O2S/c1-12-7-8-13(2)17(9-12)14(3)19-22(20,21)16-6-4-5-15(10-16)11-18/h4-10,14,19H,1-3H3/t14-/m0/s1. The zero-order valence-corrected chi connectivity index (χ0v) is 13.6. The predicted molar refractivity (Wildman–Crippen MR) is 85.8 cm³/mol. The minimum atomic E-state index is -3.67. The molecule has 0 heterocycles. The fourth-order valence-electron chi connectivity index (χ4n) is 2.32. The van der Waals surface area contributed by atoms with Gasteiger partial charge in [0, 0.05) is 6.04 Å². The number of nitrogens with one attached hydrogen (secondary N) is 1. The summed E-state index contributed by atoms with van der Waals surface area (Å²) < 4.78 is 27.6. The molecule has 0 aliphatic carbocycles. The summed E-state index contributed by atoms with van der Waals surface area (Å²) in [6.45, 7) is 5.74. The number of hydrogen-bond donors (Lipinski definition) is 1. The van der Waals surface area contributed by atoms with Gasteiger partial charge < -0.3 is 0 Å². The van der Waals surface area contributed by atoms with Crippen LogP contribution in [0.15, 0.2) is 47.4 Å². The summed E-state index contributed by atoms with van der Waals surface area (Å²) in [5.74, 6) is 0. The lowest BCUT2D eigenvalue weighted by atomic mass is 10.0. The zero-order chi connectivity index (χ0) is 16.3. The van der Waals surface area contributed by atoms with E-state index in [1.807, 2.05) is 45.0 Å². The number of nitriles is 1. The molecule has 22 heavy (non-hydrogen) atoms. The monoisotopic (exact) mass is 314 g/mol. The number of rotatable bonds is 4. The molecular weight excluding hydrogens is 296 g/mol. The number of aryl methyl sites for hydroxylation is 2. The maximum atomic E-state index is 12.5. The van der Waals surface area contributed by atoms with Crippen LogP contribution in [0.4, 0.5) is 0 Å². The maximum absolute atomic E-state index is 12.5. The molecule has 0 aliphatic rings. The van der Waals surface area contributed by atoms with Gasteiger partial charge in [0.05, 0.1) is 16.5 Å². The Bertz CT molecular complexity index is 836. The highest BCUT2D eigenvalue weighted by Gasteiger charge is 2.19. The van der Waals surface area contributed by atoms with Gasteiger partial charge in [-0.05, 0) is 50.1 Å². The van der Waals surface area contributed by atoms with E-state index in [1.165, 1.54) is 12.1 Å². The van der Waals surface area contributed by atoms with Crippen LogP contribution in [-0.2, 0) is 10.0 Å². The lowest BCUT2D eigenvalue weighted by Crippen LogP contribution is -2.27. The molecule has 0 bridgehead atoms. The molecule has 0 aromatic heterocycles. The van der Waals surface area contributed by atoms with Gasteiger partial charge in [-0.2, -0.15) is 5.26 Å². The fourth-order valence-corrected chi connectivity index (χ4v) is 3.59. The van der Waals surface area contributed by atoms with Crippen LogP contribution in [-0.4, -0.2) is 8.42 Å². The van der Waals surface area contributed by atoms with Crippen molar-refractivity contribution in [1.29, 1.82) is 5.26 Å². The molecule has 0 radical (unpaired) electrons. The lowest BCUT2D eigenvalue weighted by Gasteiger charge is -2.17. The Hall–Kier alpha value is -2.16. The SMILES string of the molecule is Cc1ccc(C)c([C@H](C)NS(=O)(=O)c2cccc(C#N)c2)c1. The highest BCUT2D eigenvalue weighted by atomic mass is 32.2. The molecule has 1 atom stereocenters. The van der Waals surface area contributed by atoms with Gasteiger partial charge in [0.15, 0.2) is 0 Å². The van der Waals surface area contributed by atoms with Crippen LogP contribution in [0.25, 0.3) is 0 Å². The van der Waals surface area contributed by atoms with Crippen LogP contribution in [0.1, 0.15) is 35.2 Å². The average Bonchev–Trinajstić information content (AvgIpc) is 2.49. The Morgan fingerprint density at radius 2 is 1.86 bits per heavy atom. The zero-order valence-electron chi connectivity index (χ0n) is 12.8. The van der Waals surface area contributed by atoms with Gasteiger partial charge in [0.1, 0.15) is 0 Å². The Labute approximate surface area is 131 Å². The van der Waals surface area contributed by atoms with Crippen molar-refractivity contribution in [1.82, 2.24) is 4.72 Å². The van der Waals surface area contributed by atoms with Crippen molar-refractivity contribution in [2.45, 2.75) is 31.7 Å². The summed E-state index contributed by atoms with van der Waals surface area (Å²) in [5.41, 5.74) is 3.38. The molecule has 5 heteroatoms. The minimum Gasteiger partial charge on any atom is -0.207 e. The van der Waals surface area contributed by atoms with Crippen LogP contribution in [0.2, 0.25) is 0 Å². The Morgan fingerprint density at radius 3 is 2.55 bits per heavy atom. The summed E-state index contributed by atoms with van der Waals surface area (Å²) in [6, 6.07) is 13.6. The van der Waals surface area contributed by atoms with Gasteiger partial charge >= 0.3 is 0 Å². The van der Waals surface area contributed by atoms with Crippen LogP contribution < -0.4 is 4.72 Å². The molecule has 2 rings (SSSR count). The summed E-state index contributed by atoms with van der Waals surface area (Å²) in [6.07, 6.45) is 0. The van der Waals surface area contributed by atoms with Crippen molar-refractivity contribution in [2.24, 2.45) is 0 Å². The first kappa shape index (κ1) is 16.2. The van der Waals surface area contributed by atoms with E-state index in [9.17, 15) is 8.42 Å². The first-order valence-electron chi connectivity index (χ1n) is 6.93. The summed E-state index contributed by atoms with van der Waals surface area (Å²) in [7, 11) is -3.67. The topological polar surface area (TPSA) is 70.0 Å². The van der Waals surface area contributed by atoms with Gasteiger partial charge in [0.25, 0.3) is 0 Å². The van der Waals surface area contributed by atoms with E-state index in [2.05, 4.69) is 4.72 Å². The Balaban J connectivity index is 2.32. The van der Waals surface area contributed by atoms with Gasteiger partial charge in [-0.15, -0.1) is 0 Å². The van der Waals surface area contributed by atoms with Gasteiger partial charge in [-0.25, -0.2) is 13.1 Å². The summed E-state index contributed by atoms with van der Waals surface area (Å²) >= 11 is 0. The van der Waals surface area contributed by atoms with Crippen molar-refractivity contribution in [2.75, 3.05) is 0 Å². The Kier molecular flexibility index (Phi) is 4.65. The molecule has 114 valence electrons. The van der Waals surface area contributed by atoms with E-state index < -0.39 is 10.0 Å². The van der Waals surface area contributed by atoms with Gasteiger partial charge in [-0.3, -0.25) is 0 Å². The molecule has 0 saturated carbocycles. The third kappa shape index (κ3) is 3.53. The number of benzene rings is 2. The van der Waals surface area contributed by atoms with Crippen molar-refractivity contribution in [3.8, 4) is 6.07 Å². The third-order valence-corrected chi connectivity index (χ3v) is 5.05. The van der Waals surface area contributed by atoms with Crippen molar-refractivity contribution in [3.63, 3.8) is 0 Å². The van der Waals surface area contributed by atoms with Crippen molar-refractivity contribution >= 4 is 10.0 Å². The summed E-state index contributed by atoms with van der Waals surface area (Å²) in [4.78, 5) is 0.101. The van der Waals surface area contributed by atoms with Crippen LogP contribution >= 0.6 is 0 Å². The molecule has 4 nitrogen and oxygen atoms in total. The molecular formula is C17H18N2O2S. The summed E-state index contributed by atoms with van der Waals surface area (Å²) in [5, 5.41) is 8.89. The second kappa shape index (κ2) is 6.30. The van der Waals surface area contributed by atoms with Crippen LogP contribution in [0, 0.1) is 25.2 Å². The number of sulfonamides is 1. The third-order valence-electron chi connectivity index (χ3n) is 3.51. The quantitative estimate of drug-likeness (QED) is 0.942. The largest absolute Gasteiger partial charge is 0.241 e. The van der Waals surface area contributed by atoms with E-state index in [4.69, 9.17) is 5.26 Å². The van der Waals surface area contributed by atoms with Crippen LogP contribution in [0.3, 0.4) is 0 Å². The Morgan fingerprint density at radius 1 is 1.14 bits per heavy atom. The number of nitrogens with zero attached hydrogens (tertiary/aromatic N) is 1. The average molecular weight is 314 g/mol. The molecule has 0 unspecified atom stereocenters. The first-order valence-corrected chi connectivity index (χ1v) is 8.41. The van der Waals surface area contributed by atoms with Crippen LogP contribution in [0.5, 0.6) is 0 Å². The molecule has 0 saturated heterocycles. The molecule has 1 N–H and O–H groups in total. The highest BCUT2D eigenvalue weighted by Crippen LogP contribution is 2.21. The molecule has 0 aliphatic heterocycles. The normalized spacial score (nSPS) is 12.6. The molecule has 2 aromatic carbocycles. The van der Waals surface area contributed by atoms with E-state index in [1.54, 1.807) is 12.1 Å². The van der Waals surface area contributed by atoms with Gasteiger partial charge in [0.2, 0.25) is 10.0 Å². The number of hydrogen-bond acceptors (Lipinski definition) is 3. The van der Waals surface area contributed by atoms with E-state index in [0.717, 1.165) is 16.7 Å². The lowest BCUT2D eigenvalue weighted by molar-refractivity contribution is 0.566. The second-order valence-electron chi connectivity index (χ2n) is 5.34. The molecule has 2 aromatic rings. The van der Waals surface area contributed by atoms with E-state index in [0.29, 0.717) is 5.56 Å². The van der Waals surface area contributed by atoms with Crippen molar-refractivity contribution in [3.05, 3.63) is 64.7 Å². The molecule has 0 fully saturated rings. The van der Waals surface area contributed by atoms with Gasteiger partial charge in [-0.1, -0.05) is 29.8 Å². The van der Waals surface area contributed by atoms with E-state index >= 15 is 0 Å². The first-order chi connectivity index (χ1) is 10.3. The second-order valence-corrected chi connectivity index (χ2v) is 7.06. The van der Waals surface area contributed by atoms with Crippen molar-refractivity contribution < 1.29 is 8.42 Å². The van der Waals surface area contributed by atoms with E-state index in [-0.39, 0.29) is 10.9 Å². The minimum absolute atomic E-state index is 0.101. The molecule has 0 spiro atoms. The molecule has 0 amide bonds. The fraction of sp³-hybridized carbons (Fsp3) is 0.235. The smallest absolute Gasteiger partial charge is 0.207 e. The maximum Gasteiger partial charge on any atom is 0.241 e. The predicted octanol–water partition coefficient (Wildman–Crippen LogP) is 3.21. The highest BCUT2D eigenvalue weighted by molar-refractivity contribution is 7.89.